The molecule has 5 rings (SSSR count). The van der Waals surface area contributed by atoms with E-state index in [0.717, 1.165) is 31.3 Å². The van der Waals surface area contributed by atoms with Gasteiger partial charge in [0.1, 0.15) is 0 Å². The van der Waals surface area contributed by atoms with Crippen molar-refractivity contribution in [2.24, 2.45) is 11.8 Å². The Kier molecular flexibility index (Phi) is 5.21. The highest BCUT2D eigenvalue weighted by atomic mass is 15.2. The molecule has 0 radical (unpaired) electrons. The zero-order chi connectivity index (χ0) is 18.9. The second-order valence-electron chi connectivity index (χ2n) is 9.12. The van der Waals surface area contributed by atoms with Gasteiger partial charge in [-0.1, -0.05) is 43.7 Å². The van der Waals surface area contributed by atoms with Crippen molar-refractivity contribution in [1.82, 2.24) is 15.2 Å². The predicted molar refractivity (Wildman–Crippen MR) is 114 cm³/mol. The Morgan fingerprint density at radius 3 is 2.75 bits per heavy atom. The first-order chi connectivity index (χ1) is 13.8. The summed E-state index contributed by atoms with van der Waals surface area (Å²) in [5, 5.41) is 3.83. The Labute approximate surface area is 169 Å². The summed E-state index contributed by atoms with van der Waals surface area (Å²) in [6, 6.07) is 14.4. The van der Waals surface area contributed by atoms with Crippen LogP contribution in [0.2, 0.25) is 0 Å². The molecule has 4 atom stereocenters. The van der Waals surface area contributed by atoms with Crippen LogP contribution in [-0.2, 0) is 19.4 Å². The fraction of sp³-hybridized carbons (Fsp3) is 0.560. The quantitative estimate of drug-likeness (QED) is 0.804. The van der Waals surface area contributed by atoms with Crippen LogP contribution in [0.5, 0.6) is 0 Å². The molecular formula is C25H33N3. The Bertz CT molecular complexity index is 817. The van der Waals surface area contributed by atoms with Gasteiger partial charge in [-0.25, -0.2) is 0 Å². The molecule has 148 valence electrons. The fourth-order valence-corrected chi connectivity index (χ4v) is 5.54. The van der Waals surface area contributed by atoms with Crippen LogP contribution in [0.4, 0.5) is 0 Å². The van der Waals surface area contributed by atoms with E-state index < -0.39 is 0 Å². The predicted octanol–water partition coefficient (Wildman–Crippen LogP) is 4.52. The van der Waals surface area contributed by atoms with Gasteiger partial charge in [0, 0.05) is 31.9 Å². The van der Waals surface area contributed by atoms with Crippen molar-refractivity contribution in [3.05, 3.63) is 65.0 Å². The summed E-state index contributed by atoms with van der Waals surface area (Å²) < 4.78 is 0. The van der Waals surface area contributed by atoms with Crippen molar-refractivity contribution in [3.63, 3.8) is 0 Å². The van der Waals surface area contributed by atoms with E-state index in [-0.39, 0.29) is 0 Å². The topological polar surface area (TPSA) is 28.2 Å². The average Bonchev–Trinajstić information content (AvgIpc) is 3.51. The maximum atomic E-state index is 4.86. The monoisotopic (exact) mass is 375 g/mol. The van der Waals surface area contributed by atoms with Crippen LogP contribution in [-0.4, -0.2) is 29.0 Å². The van der Waals surface area contributed by atoms with E-state index in [1.54, 1.807) is 0 Å². The van der Waals surface area contributed by atoms with Crippen molar-refractivity contribution < 1.29 is 0 Å². The number of fused-ring (bicyclic) bond motifs is 2. The lowest BCUT2D eigenvalue weighted by Crippen LogP contribution is -2.47. The molecule has 1 N–H and O–H groups in total. The van der Waals surface area contributed by atoms with Gasteiger partial charge in [0.2, 0.25) is 0 Å². The third-order valence-corrected chi connectivity index (χ3v) is 7.29. The maximum absolute atomic E-state index is 4.86. The van der Waals surface area contributed by atoms with Gasteiger partial charge >= 0.3 is 0 Å². The molecule has 2 aromatic rings. The second kappa shape index (κ2) is 7.96. The minimum Gasteiger partial charge on any atom is -0.308 e. The number of hydrogen-bond donors (Lipinski definition) is 1. The van der Waals surface area contributed by atoms with E-state index in [1.807, 2.05) is 6.20 Å². The number of pyridine rings is 1. The highest BCUT2D eigenvalue weighted by molar-refractivity contribution is 5.30. The van der Waals surface area contributed by atoms with Crippen molar-refractivity contribution in [1.29, 1.82) is 0 Å². The SMILES string of the molecule is CC[C@H]1C[C@H]1CN(C[C@H]1Cc2ccccc2CN1)[C@H]1CCCc2cccnc21. The normalized spacial score (nSPS) is 28.6. The van der Waals surface area contributed by atoms with Crippen LogP contribution in [0.15, 0.2) is 42.6 Å². The minimum atomic E-state index is 0.502. The van der Waals surface area contributed by atoms with Gasteiger partial charge in [0.05, 0.1) is 11.7 Å². The number of hydrogen-bond acceptors (Lipinski definition) is 3. The van der Waals surface area contributed by atoms with Gasteiger partial charge in [0.15, 0.2) is 0 Å². The Balaban J connectivity index is 1.36. The molecule has 0 amide bonds. The first kappa shape index (κ1) is 18.3. The standard InChI is InChI=1S/C25H33N3/c1-2-18-13-22(18)16-28(24-11-5-9-19-10-6-12-26-25(19)24)17-23-14-20-7-3-4-8-21(20)15-27-23/h3-4,6-8,10,12,18,22-24,27H,2,5,9,11,13-17H2,1H3/t18-,22-,23+,24-/m0/s1. The molecule has 3 nitrogen and oxygen atoms in total. The molecular weight excluding hydrogens is 342 g/mol. The fourth-order valence-electron chi connectivity index (χ4n) is 5.54. The van der Waals surface area contributed by atoms with Crippen molar-refractivity contribution in [2.45, 2.75) is 64.1 Å². The van der Waals surface area contributed by atoms with E-state index in [4.69, 9.17) is 4.98 Å². The summed E-state index contributed by atoms with van der Waals surface area (Å²) in [6.07, 6.45) is 9.67. The van der Waals surface area contributed by atoms with E-state index >= 15 is 0 Å². The van der Waals surface area contributed by atoms with Gasteiger partial charge in [-0.05, 0) is 66.7 Å². The van der Waals surface area contributed by atoms with Crippen LogP contribution in [0.25, 0.3) is 0 Å². The van der Waals surface area contributed by atoms with Crippen LogP contribution in [0.1, 0.15) is 61.0 Å². The molecule has 1 aliphatic heterocycles. The lowest BCUT2D eigenvalue weighted by atomic mass is 9.89. The van der Waals surface area contributed by atoms with Crippen molar-refractivity contribution in [3.8, 4) is 0 Å². The van der Waals surface area contributed by atoms with Gasteiger partial charge < -0.3 is 5.32 Å². The molecule has 2 aliphatic carbocycles. The van der Waals surface area contributed by atoms with Crippen molar-refractivity contribution in [2.75, 3.05) is 13.1 Å². The molecule has 1 aromatic carbocycles. The van der Waals surface area contributed by atoms with Gasteiger partial charge in [-0.15, -0.1) is 0 Å². The average molecular weight is 376 g/mol. The molecule has 0 spiro atoms. The zero-order valence-electron chi connectivity index (χ0n) is 17.1. The van der Waals surface area contributed by atoms with Crippen LogP contribution in [0, 0.1) is 11.8 Å². The van der Waals surface area contributed by atoms with E-state index in [0.29, 0.717) is 12.1 Å². The number of benzene rings is 1. The highest BCUT2D eigenvalue weighted by Crippen LogP contribution is 2.44. The molecule has 0 unspecified atom stereocenters. The first-order valence-electron chi connectivity index (χ1n) is 11.3. The maximum Gasteiger partial charge on any atom is 0.0607 e. The van der Waals surface area contributed by atoms with Gasteiger partial charge in [0.25, 0.3) is 0 Å². The van der Waals surface area contributed by atoms with E-state index in [9.17, 15) is 0 Å². The molecule has 3 aliphatic rings. The summed E-state index contributed by atoms with van der Waals surface area (Å²) in [6.45, 7) is 5.75. The summed E-state index contributed by atoms with van der Waals surface area (Å²) in [4.78, 5) is 7.66. The Hall–Kier alpha value is -1.71. The van der Waals surface area contributed by atoms with E-state index in [2.05, 4.69) is 53.5 Å². The third-order valence-electron chi connectivity index (χ3n) is 7.29. The largest absolute Gasteiger partial charge is 0.308 e. The lowest BCUT2D eigenvalue weighted by molar-refractivity contribution is 0.144. The summed E-state index contributed by atoms with van der Waals surface area (Å²) in [7, 11) is 0. The summed E-state index contributed by atoms with van der Waals surface area (Å²) in [5.41, 5.74) is 5.85. The summed E-state index contributed by atoms with van der Waals surface area (Å²) >= 11 is 0. The molecule has 3 heteroatoms. The molecule has 0 saturated heterocycles. The zero-order valence-corrected chi connectivity index (χ0v) is 17.1. The molecule has 0 bridgehead atoms. The molecule has 1 fully saturated rings. The molecule has 1 saturated carbocycles. The van der Waals surface area contributed by atoms with Crippen LogP contribution >= 0.6 is 0 Å². The second-order valence-corrected chi connectivity index (χ2v) is 9.12. The highest BCUT2D eigenvalue weighted by Gasteiger charge is 2.39. The number of nitrogens with zero attached hydrogens (tertiary/aromatic N) is 2. The number of aromatic nitrogens is 1. The lowest BCUT2D eigenvalue weighted by Gasteiger charge is -2.38. The Morgan fingerprint density at radius 1 is 1.04 bits per heavy atom. The first-order valence-corrected chi connectivity index (χ1v) is 11.3. The molecule has 2 heterocycles. The number of nitrogens with one attached hydrogen (secondary N) is 1. The summed E-state index contributed by atoms with van der Waals surface area (Å²) in [5.74, 6) is 1.85. The van der Waals surface area contributed by atoms with Crippen LogP contribution < -0.4 is 5.32 Å². The van der Waals surface area contributed by atoms with Crippen LogP contribution in [0.3, 0.4) is 0 Å². The smallest absolute Gasteiger partial charge is 0.0607 e. The number of aryl methyl sites for hydroxylation is 1. The van der Waals surface area contributed by atoms with Gasteiger partial charge in [-0.2, -0.15) is 0 Å². The third kappa shape index (κ3) is 3.75. The minimum absolute atomic E-state index is 0.502. The van der Waals surface area contributed by atoms with Gasteiger partial charge in [-0.3, -0.25) is 9.88 Å². The number of rotatable bonds is 6. The van der Waals surface area contributed by atoms with E-state index in [1.165, 1.54) is 61.0 Å². The molecule has 1 aromatic heterocycles. The Morgan fingerprint density at radius 2 is 1.89 bits per heavy atom. The van der Waals surface area contributed by atoms with Crippen molar-refractivity contribution >= 4 is 0 Å². The molecule has 28 heavy (non-hydrogen) atoms.